The third kappa shape index (κ3) is 4.82. The average molecular weight is 407 g/mol. The van der Waals surface area contributed by atoms with Gasteiger partial charge in [0, 0.05) is 46.0 Å². The number of morpholine rings is 1. The molecule has 3 saturated heterocycles. The van der Waals surface area contributed by atoms with Crippen LogP contribution in [0.15, 0.2) is 12.3 Å². The summed E-state index contributed by atoms with van der Waals surface area (Å²) in [6, 6.07) is 1.79. The molecule has 0 spiro atoms. The van der Waals surface area contributed by atoms with Crippen LogP contribution in [0.1, 0.15) is 37.2 Å². The number of hydrogen-bond donors (Lipinski definition) is 0. The van der Waals surface area contributed by atoms with Gasteiger partial charge in [0.05, 0.1) is 37.6 Å². The van der Waals surface area contributed by atoms with Gasteiger partial charge in [0.25, 0.3) is 5.91 Å². The first-order valence-electron chi connectivity index (χ1n) is 10.9. The van der Waals surface area contributed by atoms with Gasteiger partial charge in [-0.15, -0.1) is 0 Å². The number of carbonyl (C=O) groups is 1. The highest BCUT2D eigenvalue weighted by Crippen LogP contribution is 2.34. The third-order valence-electron chi connectivity index (χ3n) is 6.32. The molecule has 4 heterocycles. The van der Waals surface area contributed by atoms with E-state index in [1.807, 2.05) is 4.90 Å². The predicted octanol–water partition coefficient (Wildman–Crippen LogP) is 1.26. The Balaban J connectivity index is 1.32. The summed E-state index contributed by atoms with van der Waals surface area (Å²) >= 11 is 0. The molecule has 0 saturated carbocycles. The molecular weight excluding hydrogens is 372 g/mol. The number of likely N-dealkylation sites (tertiary alicyclic amines) is 1. The van der Waals surface area contributed by atoms with E-state index in [4.69, 9.17) is 14.2 Å². The Bertz CT molecular complexity index is 686. The molecule has 4 rings (SSSR count). The van der Waals surface area contributed by atoms with Crippen LogP contribution in [0.4, 0.5) is 0 Å². The number of fused-ring (bicyclic) bond motifs is 1. The number of aromatic nitrogens is 2. The largest absolute Gasteiger partial charge is 0.383 e. The van der Waals surface area contributed by atoms with Crippen LogP contribution in [0.2, 0.25) is 0 Å². The van der Waals surface area contributed by atoms with Crippen LogP contribution in [0.3, 0.4) is 0 Å². The Morgan fingerprint density at radius 2 is 2.03 bits per heavy atom. The molecule has 162 valence electrons. The second-order valence-electron chi connectivity index (χ2n) is 8.74. The van der Waals surface area contributed by atoms with Gasteiger partial charge in [-0.25, -0.2) is 0 Å². The average Bonchev–Trinajstić information content (AvgIpc) is 3.30. The first-order valence-corrected chi connectivity index (χ1v) is 10.9. The number of piperidine rings is 1. The van der Waals surface area contributed by atoms with Crippen molar-refractivity contribution < 1.29 is 19.0 Å². The van der Waals surface area contributed by atoms with E-state index in [1.165, 1.54) is 0 Å². The SMILES string of the molecule is COCCn1nccc1C(=O)N1CC[C@H]2CC(CN3CC(C)OC(C)C3)O[C@H]2C1. The highest BCUT2D eigenvalue weighted by atomic mass is 16.5. The van der Waals surface area contributed by atoms with E-state index < -0.39 is 0 Å². The van der Waals surface area contributed by atoms with Crippen molar-refractivity contribution in [2.24, 2.45) is 5.92 Å². The van der Waals surface area contributed by atoms with Crippen LogP contribution in [-0.4, -0.2) is 96.3 Å². The fraction of sp³-hybridized carbons (Fsp3) is 0.810. The summed E-state index contributed by atoms with van der Waals surface area (Å²) in [7, 11) is 1.65. The zero-order chi connectivity index (χ0) is 20.4. The van der Waals surface area contributed by atoms with E-state index in [-0.39, 0.29) is 30.3 Å². The number of rotatable bonds is 6. The maximum Gasteiger partial charge on any atom is 0.272 e. The second-order valence-corrected chi connectivity index (χ2v) is 8.74. The molecule has 1 aromatic rings. The first-order chi connectivity index (χ1) is 14.0. The Morgan fingerprint density at radius 3 is 2.79 bits per heavy atom. The smallest absolute Gasteiger partial charge is 0.272 e. The highest BCUT2D eigenvalue weighted by molar-refractivity contribution is 5.92. The standard InChI is InChI=1S/C21H34N4O4/c1-15-11-23(12-16(2)28-15)13-18-10-17-5-7-24(14-20(17)29-18)21(26)19-4-6-22-25(19)8-9-27-3/h4,6,15-18,20H,5,7-14H2,1-3H3/t15?,16?,17-,18?,20-/m0/s1. The Kier molecular flexibility index (Phi) is 6.53. The molecule has 1 aromatic heterocycles. The highest BCUT2D eigenvalue weighted by Gasteiger charge is 2.41. The topological polar surface area (TPSA) is 69.1 Å². The molecule has 8 heteroatoms. The van der Waals surface area contributed by atoms with Crippen molar-refractivity contribution in [2.45, 2.75) is 57.6 Å². The lowest BCUT2D eigenvalue weighted by Crippen LogP contribution is -2.48. The summed E-state index contributed by atoms with van der Waals surface area (Å²) in [5, 5.41) is 4.27. The zero-order valence-corrected chi connectivity index (χ0v) is 17.8. The summed E-state index contributed by atoms with van der Waals surface area (Å²) in [6.07, 6.45) is 4.74. The molecule has 0 N–H and O–H groups in total. The summed E-state index contributed by atoms with van der Waals surface area (Å²) in [5.41, 5.74) is 0.631. The minimum Gasteiger partial charge on any atom is -0.383 e. The van der Waals surface area contributed by atoms with E-state index in [9.17, 15) is 4.79 Å². The normalized spacial score (nSPS) is 33.1. The molecule has 3 fully saturated rings. The minimum absolute atomic E-state index is 0.0416. The van der Waals surface area contributed by atoms with Gasteiger partial charge in [-0.2, -0.15) is 5.10 Å². The molecule has 3 aliphatic rings. The van der Waals surface area contributed by atoms with Crippen LogP contribution >= 0.6 is 0 Å². The summed E-state index contributed by atoms with van der Waals surface area (Å²) in [6.45, 7) is 9.75. The number of carbonyl (C=O) groups excluding carboxylic acids is 1. The maximum atomic E-state index is 13.1. The molecule has 0 aliphatic carbocycles. The van der Waals surface area contributed by atoms with Crippen LogP contribution in [-0.2, 0) is 20.8 Å². The number of methoxy groups -OCH3 is 1. The van der Waals surface area contributed by atoms with Gasteiger partial charge in [0.2, 0.25) is 0 Å². The van der Waals surface area contributed by atoms with Crippen molar-refractivity contribution in [2.75, 3.05) is 46.4 Å². The molecule has 0 radical (unpaired) electrons. The van der Waals surface area contributed by atoms with Gasteiger partial charge in [-0.3, -0.25) is 14.4 Å². The monoisotopic (exact) mass is 406 g/mol. The Morgan fingerprint density at radius 1 is 1.24 bits per heavy atom. The van der Waals surface area contributed by atoms with Gasteiger partial charge in [-0.1, -0.05) is 0 Å². The molecule has 0 bridgehead atoms. The van der Waals surface area contributed by atoms with Gasteiger partial charge in [-0.05, 0) is 38.7 Å². The van der Waals surface area contributed by atoms with E-state index in [2.05, 4.69) is 23.8 Å². The Hall–Kier alpha value is -1.48. The van der Waals surface area contributed by atoms with E-state index >= 15 is 0 Å². The molecule has 8 nitrogen and oxygen atoms in total. The van der Waals surface area contributed by atoms with Crippen LogP contribution in [0, 0.1) is 5.92 Å². The van der Waals surface area contributed by atoms with E-state index in [0.717, 1.165) is 39.0 Å². The van der Waals surface area contributed by atoms with Crippen molar-refractivity contribution >= 4 is 5.91 Å². The number of amides is 1. The van der Waals surface area contributed by atoms with E-state index in [0.29, 0.717) is 31.3 Å². The fourth-order valence-electron chi connectivity index (χ4n) is 5.09. The third-order valence-corrected chi connectivity index (χ3v) is 6.32. The fourth-order valence-corrected chi connectivity index (χ4v) is 5.09. The molecule has 3 unspecified atom stereocenters. The van der Waals surface area contributed by atoms with Crippen molar-refractivity contribution in [1.82, 2.24) is 19.6 Å². The maximum absolute atomic E-state index is 13.1. The summed E-state index contributed by atoms with van der Waals surface area (Å²) in [4.78, 5) is 17.5. The number of hydrogen-bond acceptors (Lipinski definition) is 6. The molecule has 0 aromatic carbocycles. The van der Waals surface area contributed by atoms with Gasteiger partial charge in [0.15, 0.2) is 0 Å². The molecule has 1 amide bonds. The predicted molar refractivity (Wildman–Crippen MR) is 108 cm³/mol. The van der Waals surface area contributed by atoms with Gasteiger partial charge < -0.3 is 19.1 Å². The van der Waals surface area contributed by atoms with E-state index in [1.54, 1.807) is 24.1 Å². The quantitative estimate of drug-likeness (QED) is 0.709. The van der Waals surface area contributed by atoms with Gasteiger partial charge in [0.1, 0.15) is 5.69 Å². The minimum atomic E-state index is 0.0416. The second kappa shape index (κ2) is 9.12. The molecule has 29 heavy (non-hydrogen) atoms. The molecule has 5 atom stereocenters. The van der Waals surface area contributed by atoms with Crippen molar-refractivity contribution in [3.8, 4) is 0 Å². The molecule has 3 aliphatic heterocycles. The summed E-state index contributed by atoms with van der Waals surface area (Å²) < 4.78 is 19.1. The van der Waals surface area contributed by atoms with Crippen LogP contribution in [0.5, 0.6) is 0 Å². The first kappa shape index (κ1) is 20.8. The van der Waals surface area contributed by atoms with Crippen LogP contribution < -0.4 is 0 Å². The number of ether oxygens (including phenoxy) is 3. The van der Waals surface area contributed by atoms with Crippen molar-refractivity contribution in [3.05, 3.63) is 18.0 Å². The lowest BCUT2D eigenvalue weighted by molar-refractivity contribution is -0.0833. The number of nitrogens with zero attached hydrogens (tertiary/aromatic N) is 4. The lowest BCUT2D eigenvalue weighted by Gasteiger charge is -2.36. The van der Waals surface area contributed by atoms with Crippen molar-refractivity contribution in [3.63, 3.8) is 0 Å². The zero-order valence-electron chi connectivity index (χ0n) is 17.8. The Labute approximate surface area is 173 Å². The van der Waals surface area contributed by atoms with Crippen LogP contribution in [0.25, 0.3) is 0 Å². The summed E-state index contributed by atoms with van der Waals surface area (Å²) in [5.74, 6) is 0.596. The van der Waals surface area contributed by atoms with Gasteiger partial charge >= 0.3 is 0 Å². The molecular formula is C21H34N4O4. The lowest BCUT2D eigenvalue weighted by atomic mass is 9.91. The van der Waals surface area contributed by atoms with Crippen molar-refractivity contribution in [1.29, 1.82) is 0 Å².